The van der Waals surface area contributed by atoms with E-state index in [1.807, 2.05) is 62.4 Å². The van der Waals surface area contributed by atoms with Crippen LogP contribution in [0.15, 0.2) is 58.5 Å². The van der Waals surface area contributed by atoms with Crippen molar-refractivity contribution in [2.45, 2.75) is 53.4 Å². The van der Waals surface area contributed by atoms with Gasteiger partial charge in [0.2, 0.25) is 7.28 Å². The Labute approximate surface area is 291 Å². The molecule has 4 aromatic heterocycles. The number of hydrogen-bond donors (Lipinski definition) is 0. The van der Waals surface area contributed by atoms with Crippen molar-refractivity contribution >= 4 is 64.6 Å². The molecule has 2 aliphatic heterocycles. The minimum atomic E-state index is -0.383. The summed E-state index contributed by atoms with van der Waals surface area (Å²) in [5.74, 6) is 2.44. The molecule has 0 aliphatic carbocycles. The van der Waals surface area contributed by atoms with E-state index in [2.05, 4.69) is 47.0 Å². The number of hydrogen-bond acceptors (Lipinski definition) is 8. The van der Waals surface area contributed by atoms with Crippen molar-refractivity contribution in [2.24, 2.45) is 9.98 Å². The van der Waals surface area contributed by atoms with Gasteiger partial charge in [0.25, 0.3) is 0 Å². The lowest BCUT2D eigenvalue weighted by atomic mass is 9.61. The molecule has 0 unspecified atom stereocenters. The number of halogens is 2. The molecular formula is C34H29BCl2N8S2. The van der Waals surface area contributed by atoms with Crippen molar-refractivity contribution in [3.63, 3.8) is 0 Å². The largest absolute Gasteiger partial charge is 0.281 e. The number of nitrogens with zero attached hydrogens (tertiary/aromatic N) is 8. The Hall–Kier alpha value is -3.90. The molecule has 0 bridgehead atoms. The average molecular weight is 696 g/mol. The van der Waals surface area contributed by atoms with Gasteiger partial charge in [-0.25, -0.2) is 0 Å². The number of aryl methyl sites for hydroxylation is 4. The average Bonchev–Trinajstić information content (AvgIpc) is 3.73. The molecule has 0 radical (unpaired) electrons. The maximum absolute atomic E-state index is 6.34. The fourth-order valence-corrected chi connectivity index (χ4v) is 9.20. The van der Waals surface area contributed by atoms with Crippen molar-refractivity contribution in [1.82, 2.24) is 29.5 Å². The van der Waals surface area contributed by atoms with Gasteiger partial charge in [0.1, 0.15) is 21.7 Å². The second-order valence-corrected chi connectivity index (χ2v) is 15.3. The molecule has 2 aliphatic rings. The van der Waals surface area contributed by atoms with E-state index in [0.717, 1.165) is 67.0 Å². The first kappa shape index (κ1) is 30.4. The molecule has 0 spiro atoms. The Morgan fingerprint density at radius 3 is 1.34 bits per heavy atom. The molecule has 0 saturated heterocycles. The first-order valence-electron chi connectivity index (χ1n) is 15.3. The highest BCUT2D eigenvalue weighted by atomic mass is 35.5. The lowest BCUT2D eigenvalue weighted by Crippen LogP contribution is -2.21. The van der Waals surface area contributed by atoms with Crippen LogP contribution in [0.3, 0.4) is 0 Å². The van der Waals surface area contributed by atoms with E-state index in [4.69, 9.17) is 43.4 Å². The van der Waals surface area contributed by atoms with Gasteiger partial charge < -0.3 is 0 Å². The third-order valence-corrected chi connectivity index (χ3v) is 12.0. The van der Waals surface area contributed by atoms with E-state index < -0.39 is 0 Å². The first-order chi connectivity index (χ1) is 22.6. The Balaban J connectivity index is 1.36. The first-order valence-corrected chi connectivity index (χ1v) is 17.7. The molecule has 13 heteroatoms. The molecule has 6 heterocycles. The summed E-state index contributed by atoms with van der Waals surface area (Å²) in [6, 6.07) is 15.8. The van der Waals surface area contributed by atoms with Crippen LogP contribution in [0.5, 0.6) is 0 Å². The SMILES string of the molecule is Cc1sc2c(c1C)C(c1ccc(Cl)cc1)=N[C@@H](B[C@@H]1N=C(c3ccc(Cl)cc3)c3c(sc(C)c3C)-n3c(C)nnc31)c1nnc(C)n1-2. The van der Waals surface area contributed by atoms with Gasteiger partial charge in [-0.1, -0.05) is 47.5 Å². The summed E-state index contributed by atoms with van der Waals surface area (Å²) in [5, 5.41) is 22.2. The minimum Gasteiger partial charge on any atom is -0.281 e. The monoisotopic (exact) mass is 694 g/mol. The molecule has 8 rings (SSSR count). The molecular weight excluding hydrogens is 666 g/mol. The smallest absolute Gasteiger partial charge is 0.202 e. The van der Waals surface area contributed by atoms with Gasteiger partial charge in [0.15, 0.2) is 11.6 Å². The Morgan fingerprint density at radius 1 is 0.574 bits per heavy atom. The van der Waals surface area contributed by atoms with Crippen molar-refractivity contribution < 1.29 is 0 Å². The minimum absolute atomic E-state index is 0.383. The number of benzene rings is 2. The standard InChI is InChI=1S/C34H29BCl2N8S2/c1-15-17(3)46-33-25(15)27(21-7-11-23(36)12-8-21)38-29(31-42-40-19(5)44(31)33)35-30-32-43-41-20(6)45(32)34-26(16(2)18(4)47-34)28(39-30)22-9-13-24(37)14-10-22/h7-14,29-30,35H,1-6H3/t29-,30-/m1/s1. The number of rotatable bonds is 4. The van der Waals surface area contributed by atoms with E-state index in [0.29, 0.717) is 17.3 Å². The summed E-state index contributed by atoms with van der Waals surface area (Å²) in [4.78, 5) is 13.6. The van der Waals surface area contributed by atoms with Crippen molar-refractivity contribution in [2.75, 3.05) is 0 Å². The molecule has 0 saturated carbocycles. The predicted molar refractivity (Wildman–Crippen MR) is 194 cm³/mol. The zero-order chi connectivity index (χ0) is 32.7. The number of aromatic nitrogens is 6. The van der Waals surface area contributed by atoms with Crippen LogP contribution in [0.2, 0.25) is 10.0 Å². The van der Waals surface area contributed by atoms with Crippen LogP contribution >= 0.6 is 45.9 Å². The van der Waals surface area contributed by atoms with E-state index in [9.17, 15) is 0 Å². The second kappa shape index (κ2) is 11.4. The molecule has 234 valence electrons. The lowest BCUT2D eigenvalue weighted by Gasteiger charge is -2.17. The van der Waals surface area contributed by atoms with Gasteiger partial charge in [0.05, 0.1) is 23.3 Å². The van der Waals surface area contributed by atoms with Crippen LogP contribution in [-0.4, -0.2) is 48.2 Å². The molecule has 0 fully saturated rings. The fraction of sp³-hybridized carbons (Fsp3) is 0.235. The predicted octanol–water partition coefficient (Wildman–Crippen LogP) is 7.96. The van der Waals surface area contributed by atoms with Crippen LogP contribution in [-0.2, 0) is 0 Å². The molecule has 8 nitrogen and oxygen atoms in total. The maximum atomic E-state index is 6.34. The summed E-state index contributed by atoms with van der Waals surface area (Å²) in [6.07, 6.45) is 0. The van der Waals surface area contributed by atoms with E-state index >= 15 is 0 Å². The van der Waals surface area contributed by atoms with Crippen LogP contribution in [0, 0.1) is 41.5 Å². The summed E-state index contributed by atoms with van der Waals surface area (Å²) in [6.45, 7) is 12.6. The van der Waals surface area contributed by atoms with Gasteiger partial charge in [0, 0.05) is 42.1 Å². The van der Waals surface area contributed by atoms with Gasteiger partial charge >= 0.3 is 0 Å². The molecule has 2 aromatic carbocycles. The van der Waals surface area contributed by atoms with Crippen LogP contribution < -0.4 is 0 Å². The van der Waals surface area contributed by atoms with Gasteiger partial charge in [-0.15, -0.1) is 43.1 Å². The Bertz CT molecular complexity index is 2120. The van der Waals surface area contributed by atoms with Crippen LogP contribution in [0.25, 0.3) is 10.0 Å². The number of thiophene rings is 2. The molecule has 0 amide bonds. The third kappa shape index (κ3) is 4.86. The fourth-order valence-electron chi connectivity index (χ4n) is 6.52. The quantitative estimate of drug-likeness (QED) is 0.175. The van der Waals surface area contributed by atoms with Gasteiger partial charge in [-0.05, 0) is 76.9 Å². The zero-order valence-electron chi connectivity index (χ0n) is 26.6. The molecule has 0 N–H and O–H groups in total. The van der Waals surface area contributed by atoms with Crippen LogP contribution in [0.1, 0.15) is 78.3 Å². The summed E-state index contributed by atoms with van der Waals surface area (Å²) >= 11 is 16.2. The molecule has 6 aromatic rings. The zero-order valence-corrected chi connectivity index (χ0v) is 29.8. The van der Waals surface area contributed by atoms with Gasteiger partial charge in [-0.3, -0.25) is 19.1 Å². The highest BCUT2D eigenvalue weighted by Gasteiger charge is 2.37. The normalized spacial score (nSPS) is 16.8. The van der Waals surface area contributed by atoms with Crippen LogP contribution in [0.4, 0.5) is 0 Å². The Kier molecular flexibility index (Phi) is 7.36. The van der Waals surface area contributed by atoms with E-state index in [-0.39, 0.29) is 11.9 Å². The Morgan fingerprint density at radius 2 is 0.957 bits per heavy atom. The van der Waals surface area contributed by atoms with E-state index in [1.165, 1.54) is 20.9 Å². The van der Waals surface area contributed by atoms with Gasteiger partial charge in [-0.2, -0.15) is 0 Å². The van der Waals surface area contributed by atoms with E-state index in [1.54, 1.807) is 22.7 Å². The third-order valence-electron chi connectivity index (χ3n) is 9.16. The summed E-state index contributed by atoms with van der Waals surface area (Å²) in [7, 11) is 0.504. The number of aliphatic imine (C=N–C) groups is 2. The second-order valence-electron chi connectivity index (χ2n) is 12.0. The lowest BCUT2D eigenvalue weighted by molar-refractivity contribution is 0.783. The number of fused-ring (bicyclic) bond motifs is 6. The van der Waals surface area contributed by atoms with Crippen molar-refractivity contribution in [3.05, 3.63) is 125 Å². The summed E-state index contributed by atoms with van der Waals surface area (Å²) < 4.78 is 4.36. The van der Waals surface area contributed by atoms with Crippen molar-refractivity contribution in [1.29, 1.82) is 0 Å². The maximum Gasteiger partial charge on any atom is 0.202 e. The topological polar surface area (TPSA) is 86.1 Å². The van der Waals surface area contributed by atoms with Crippen molar-refractivity contribution in [3.8, 4) is 10.0 Å². The summed E-state index contributed by atoms with van der Waals surface area (Å²) in [5.41, 5.74) is 8.40. The molecule has 2 atom stereocenters. The highest BCUT2D eigenvalue weighted by molar-refractivity contribution is 7.15. The molecule has 47 heavy (non-hydrogen) atoms. The highest BCUT2D eigenvalue weighted by Crippen LogP contribution is 2.42.